The molecule has 0 aliphatic carbocycles. The number of fused-ring (bicyclic) bond motifs is 2. The fourth-order valence-electron chi connectivity index (χ4n) is 6.31. The second-order valence-corrected chi connectivity index (χ2v) is 11.7. The van der Waals surface area contributed by atoms with E-state index in [0.29, 0.717) is 18.0 Å². The Bertz CT molecular complexity index is 1650. The number of nitrogens with one attached hydrogen (secondary N) is 2. The molecule has 0 bridgehead atoms. The van der Waals surface area contributed by atoms with Gasteiger partial charge in [0.1, 0.15) is 17.1 Å². The molecule has 4 heterocycles. The Kier molecular flexibility index (Phi) is 8.26. The Morgan fingerprint density at radius 3 is 2.55 bits per heavy atom. The van der Waals surface area contributed by atoms with Gasteiger partial charge in [-0.1, -0.05) is 26.0 Å². The number of rotatable bonds is 6. The van der Waals surface area contributed by atoms with E-state index in [1.807, 2.05) is 38.1 Å². The van der Waals surface area contributed by atoms with Crippen LogP contribution in [0, 0.1) is 0 Å². The van der Waals surface area contributed by atoms with Crippen molar-refractivity contribution in [1.29, 1.82) is 0 Å². The number of piperazine rings is 1. The summed E-state index contributed by atoms with van der Waals surface area (Å²) in [5, 5.41) is 3.60. The van der Waals surface area contributed by atoms with E-state index in [1.165, 1.54) is 6.07 Å². The van der Waals surface area contributed by atoms with Gasteiger partial charge >= 0.3 is 12.2 Å². The number of benzene rings is 2. The molecule has 2 aromatic carbocycles. The van der Waals surface area contributed by atoms with Crippen molar-refractivity contribution in [3.8, 4) is 11.5 Å². The Labute approximate surface area is 254 Å². The van der Waals surface area contributed by atoms with Gasteiger partial charge in [0.2, 0.25) is 0 Å². The number of nitrogens with zero attached hydrogens (tertiary/aromatic N) is 4. The van der Waals surface area contributed by atoms with Crippen LogP contribution in [0.5, 0.6) is 11.5 Å². The number of aromatic amines is 1. The van der Waals surface area contributed by atoms with Crippen molar-refractivity contribution < 1.29 is 22.7 Å². The number of halogens is 3. The van der Waals surface area contributed by atoms with Crippen molar-refractivity contribution >= 4 is 22.8 Å². The van der Waals surface area contributed by atoms with Gasteiger partial charge < -0.3 is 24.8 Å². The minimum absolute atomic E-state index is 0.0274. The van der Waals surface area contributed by atoms with Crippen molar-refractivity contribution in [2.45, 2.75) is 45.5 Å². The third-order valence-corrected chi connectivity index (χ3v) is 8.86. The number of carbonyl (C=O) groups is 1. The zero-order valence-electron chi connectivity index (χ0n) is 25.1. The number of amides is 2. The van der Waals surface area contributed by atoms with E-state index in [2.05, 4.69) is 32.0 Å². The summed E-state index contributed by atoms with van der Waals surface area (Å²) in [6.45, 7) is 10.8. The molecule has 44 heavy (non-hydrogen) atoms. The maximum atomic E-state index is 14.2. The van der Waals surface area contributed by atoms with Gasteiger partial charge in [-0.15, -0.1) is 0 Å². The minimum Gasteiger partial charge on any atom is -0.457 e. The molecule has 2 N–H and O–H groups in total. The van der Waals surface area contributed by atoms with Gasteiger partial charge in [-0.05, 0) is 72.5 Å². The highest BCUT2D eigenvalue weighted by atomic mass is 19.4. The van der Waals surface area contributed by atoms with Crippen molar-refractivity contribution in [3.63, 3.8) is 0 Å². The van der Waals surface area contributed by atoms with Crippen LogP contribution < -0.4 is 10.1 Å². The highest BCUT2D eigenvalue weighted by Gasteiger charge is 2.36. The maximum absolute atomic E-state index is 14.2. The van der Waals surface area contributed by atoms with Gasteiger partial charge in [-0.25, -0.2) is 9.78 Å². The quantitative estimate of drug-likeness (QED) is 0.242. The zero-order valence-corrected chi connectivity index (χ0v) is 25.1. The average molecular weight is 607 g/mol. The van der Waals surface area contributed by atoms with Gasteiger partial charge in [-0.2, -0.15) is 13.2 Å². The molecule has 8 nitrogen and oxygen atoms in total. The zero-order chi connectivity index (χ0) is 31.0. The second kappa shape index (κ2) is 12.1. The number of hydrogen-bond acceptors (Lipinski definition) is 5. The number of likely N-dealkylation sites (N-methyl/N-ethyl adjacent to an activating group) is 1. The molecule has 11 heteroatoms. The molecule has 4 aromatic rings. The van der Waals surface area contributed by atoms with Crippen molar-refractivity contribution in [2.75, 3.05) is 44.6 Å². The van der Waals surface area contributed by atoms with Crippen LogP contribution in [0.15, 0.2) is 60.9 Å². The average Bonchev–Trinajstić information content (AvgIpc) is 3.50. The lowest BCUT2D eigenvalue weighted by atomic mass is 9.87. The van der Waals surface area contributed by atoms with Crippen LogP contribution in [0.4, 0.5) is 23.7 Å². The number of carbonyl (C=O) groups excluding carboxylic acids is 1. The summed E-state index contributed by atoms with van der Waals surface area (Å²) in [5.41, 5.74) is 2.39. The highest BCUT2D eigenvalue weighted by molar-refractivity contribution is 5.90. The van der Waals surface area contributed by atoms with Crippen LogP contribution in [0.25, 0.3) is 11.0 Å². The molecule has 1 saturated heterocycles. The van der Waals surface area contributed by atoms with E-state index < -0.39 is 17.8 Å². The summed E-state index contributed by atoms with van der Waals surface area (Å²) in [4.78, 5) is 26.9. The fourth-order valence-corrected chi connectivity index (χ4v) is 6.31. The minimum atomic E-state index is -4.54. The molecular weight excluding hydrogens is 569 g/mol. The predicted molar refractivity (Wildman–Crippen MR) is 164 cm³/mol. The SMILES string of the molecule is CCN1CCN(Cc2ccc(NC(=O)N3CC(C)c4ccc(Oc5ccnc6[nH]ccc56)cc4[C@@H]3C)cc2C(F)(F)F)CC1. The van der Waals surface area contributed by atoms with Crippen LogP contribution >= 0.6 is 0 Å². The first-order chi connectivity index (χ1) is 21.1. The first-order valence-corrected chi connectivity index (χ1v) is 15.1. The number of ether oxygens (including phenoxy) is 1. The summed E-state index contributed by atoms with van der Waals surface area (Å²) in [6, 6.07) is 12.9. The molecule has 1 unspecified atom stereocenters. The van der Waals surface area contributed by atoms with Crippen LogP contribution in [0.3, 0.4) is 0 Å². The Morgan fingerprint density at radius 2 is 1.80 bits per heavy atom. The number of aromatic nitrogens is 2. The van der Waals surface area contributed by atoms with E-state index >= 15 is 0 Å². The van der Waals surface area contributed by atoms with E-state index in [9.17, 15) is 18.0 Å². The normalized spacial score (nSPS) is 19.6. The molecule has 2 amide bonds. The molecule has 6 rings (SSSR count). The lowest BCUT2D eigenvalue weighted by Crippen LogP contribution is -2.45. The number of urea groups is 1. The third-order valence-electron chi connectivity index (χ3n) is 8.86. The summed E-state index contributed by atoms with van der Waals surface area (Å²) in [5.74, 6) is 1.31. The van der Waals surface area contributed by atoms with Gasteiger partial charge in [0.05, 0.1) is 17.0 Å². The molecule has 1 fully saturated rings. The molecule has 232 valence electrons. The smallest absolute Gasteiger partial charge is 0.416 e. The molecular formula is C33H37F3N6O2. The lowest BCUT2D eigenvalue weighted by Gasteiger charge is -2.38. The summed E-state index contributed by atoms with van der Waals surface area (Å²) in [7, 11) is 0. The van der Waals surface area contributed by atoms with E-state index in [1.54, 1.807) is 29.4 Å². The Balaban J connectivity index is 1.19. The van der Waals surface area contributed by atoms with Crippen LogP contribution in [-0.2, 0) is 12.7 Å². The molecule has 2 aromatic heterocycles. The number of hydrogen-bond donors (Lipinski definition) is 2. The van der Waals surface area contributed by atoms with Crippen molar-refractivity contribution in [2.24, 2.45) is 0 Å². The van der Waals surface area contributed by atoms with Gasteiger partial charge in [0.15, 0.2) is 0 Å². The lowest BCUT2D eigenvalue weighted by molar-refractivity contribution is -0.138. The van der Waals surface area contributed by atoms with Crippen molar-refractivity contribution in [3.05, 3.63) is 83.2 Å². The van der Waals surface area contributed by atoms with Crippen LogP contribution in [0.2, 0.25) is 0 Å². The van der Waals surface area contributed by atoms with Gasteiger partial charge in [0.25, 0.3) is 0 Å². The standard InChI is InChI=1S/C33H37F3N6O2/c1-4-40-13-15-41(16-14-40)20-23-5-6-24(17-29(23)33(34,35)36)39-32(43)42-19-21(2)26-8-7-25(18-28(26)22(42)3)44-30-10-12-38-31-27(30)9-11-37-31/h5-12,17-18,21-22H,4,13-16,19-20H2,1-3H3,(H,37,38)(H,39,43)/t21?,22-/m0/s1. The highest BCUT2D eigenvalue weighted by Crippen LogP contribution is 2.40. The predicted octanol–water partition coefficient (Wildman–Crippen LogP) is 7.22. The Morgan fingerprint density at radius 1 is 1.02 bits per heavy atom. The fraction of sp³-hybridized carbons (Fsp3) is 0.394. The summed E-state index contributed by atoms with van der Waals surface area (Å²) >= 11 is 0. The van der Waals surface area contributed by atoms with Gasteiger partial charge in [-0.3, -0.25) is 4.90 Å². The molecule has 0 saturated carbocycles. The van der Waals surface area contributed by atoms with Gasteiger partial charge in [0, 0.05) is 57.3 Å². The Hall–Kier alpha value is -4.09. The van der Waals surface area contributed by atoms with E-state index in [4.69, 9.17) is 4.74 Å². The van der Waals surface area contributed by atoms with Crippen LogP contribution in [-0.4, -0.2) is 70.0 Å². The first kappa shape index (κ1) is 30.0. The van der Waals surface area contributed by atoms with E-state index in [-0.39, 0.29) is 29.8 Å². The summed E-state index contributed by atoms with van der Waals surface area (Å²) < 4.78 is 48.7. The van der Waals surface area contributed by atoms with Crippen molar-refractivity contribution in [1.82, 2.24) is 24.7 Å². The molecule has 0 radical (unpaired) electrons. The summed E-state index contributed by atoms with van der Waals surface area (Å²) in [6.07, 6.45) is -1.06. The monoisotopic (exact) mass is 606 g/mol. The first-order valence-electron chi connectivity index (χ1n) is 15.1. The number of alkyl halides is 3. The molecule has 0 spiro atoms. The topological polar surface area (TPSA) is 76.7 Å². The second-order valence-electron chi connectivity index (χ2n) is 11.7. The van der Waals surface area contributed by atoms with E-state index in [0.717, 1.165) is 61.0 Å². The number of H-pyrrole nitrogens is 1. The van der Waals surface area contributed by atoms with Crippen LogP contribution in [0.1, 0.15) is 55.0 Å². The molecule has 2 aliphatic rings. The molecule has 2 atom stereocenters. The largest absolute Gasteiger partial charge is 0.457 e. The maximum Gasteiger partial charge on any atom is 0.416 e. The number of anilines is 1. The third kappa shape index (κ3) is 6.11. The number of pyridine rings is 1. The molecule has 2 aliphatic heterocycles.